The Hall–Kier alpha value is -1.87. The fraction of sp³-hybridized carbons (Fsp3) is 0.312. The summed E-state index contributed by atoms with van der Waals surface area (Å²) in [5.74, 6) is 0. The first-order valence-corrected chi connectivity index (χ1v) is 6.39. The van der Waals surface area contributed by atoms with Crippen LogP contribution in [0.2, 0.25) is 0 Å². The molecule has 1 aromatic heterocycles. The normalized spacial score (nSPS) is 12.4. The number of aromatic nitrogens is 1. The first-order chi connectivity index (χ1) is 8.97. The number of benzene rings is 1. The topological polar surface area (TPSA) is 42.2 Å². The van der Waals surface area contributed by atoms with Crippen LogP contribution in [-0.2, 0) is 6.54 Å². The Morgan fingerprint density at radius 1 is 1.16 bits per heavy atom. The SMILES string of the molecule is Cc1cc(C)cc(C(O)Cn2cccc(C)c2=O)c1. The predicted molar refractivity (Wildman–Crippen MR) is 76.3 cm³/mol. The molecule has 0 radical (unpaired) electrons. The van der Waals surface area contributed by atoms with Gasteiger partial charge in [-0.05, 0) is 32.4 Å². The van der Waals surface area contributed by atoms with Crippen molar-refractivity contribution in [1.82, 2.24) is 4.57 Å². The number of rotatable bonds is 3. The van der Waals surface area contributed by atoms with Crippen molar-refractivity contribution in [3.63, 3.8) is 0 Å². The van der Waals surface area contributed by atoms with Crippen LogP contribution >= 0.6 is 0 Å². The first-order valence-electron chi connectivity index (χ1n) is 6.39. The first kappa shape index (κ1) is 13.6. The van der Waals surface area contributed by atoms with Crippen LogP contribution in [0.4, 0.5) is 0 Å². The zero-order valence-electron chi connectivity index (χ0n) is 11.6. The summed E-state index contributed by atoms with van der Waals surface area (Å²) in [7, 11) is 0. The van der Waals surface area contributed by atoms with Crippen LogP contribution in [0.5, 0.6) is 0 Å². The van der Waals surface area contributed by atoms with Gasteiger partial charge < -0.3 is 9.67 Å². The summed E-state index contributed by atoms with van der Waals surface area (Å²) in [5, 5.41) is 10.3. The Morgan fingerprint density at radius 2 is 1.79 bits per heavy atom. The summed E-state index contributed by atoms with van der Waals surface area (Å²) in [6, 6.07) is 9.58. The third-order valence-electron chi connectivity index (χ3n) is 3.21. The summed E-state index contributed by atoms with van der Waals surface area (Å²) < 4.78 is 1.55. The smallest absolute Gasteiger partial charge is 0.253 e. The van der Waals surface area contributed by atoms with Crippen molar-refractivity contribution >= 4 is 0 Å². The molecule has 2 aromatic rings. The summed E-state index contributed by atoms with van der Waals surface area (Å²) in [6.45, 7) is 6.07. The summed E-state index contributed by atoms with van der Waals surface area (Å²) >= 11 is 0. The van der Waals surface area contributed by atoms with Crippen molar-refractivity contribution in [1.29, 1.82) is 0 Å². The molecule has 1 heterocycles. The molecule has 0 amide bonds. The van der Waals surface area contributed by atoms with Gasteiger partial charge in [0.15, 0.2) is 0 Å². The molecule has 1 unspecified atom stereocenters. The zero-order valence-corrected chi connectivity index (χ0v) is 11.6. The highest BCUT2D eigenvalue weighted by molar-refractivity contribution is 5.30. The molecule has 1 atom stereocenters. The van der Waals surface area contributed by atoms with Gasteiger partial charge in [0, 0.05) is 11.8 Å². The Kier molecular flexibility index (Phi) is 3.86. The van der Waals surface area contributed by atoms with Crippen molar-refractivity contribution < 1.29 is 5.11 Å². The van der Waals surface area contributed by atoms with E-state index in [9.17, 15) is 9.90 Å². The number of aliphatic hydroxyl groups excluding tert-OH is 1. The van der Waals surface area contributed by atoms with Gasteiger partial charge in [-0.3, -0.25) is 4.79 Å². The molecule has 0 saturated carbocycles. The highest BCUT2D eigenvalue weighted by Crippen LogP contribution is 2.18. The van der Waals surface area contributed by atoms with Gasteiger partial charge in [0.25, 0.3) is 5.56 Å². The minimum atomic E-state index is -0.668. The summed E-state index contributed by atoms with van der Waals surface area (Å²) in [5.41, 5.74) is 3.73. The van der Waals surface area contributed by atoms with Gasteiger partial charge in [0.1, 0.15) is 0 Å². The van der Waals surface area contributed by atoms with E-state index in [2.05, 4.69) is 6.07 Å². The van der Waals surface area contributed by atoms with E-state index in [1.807, 2.05) is 32.0 Å². The molecule has 100 valence electrons. The standard InChI is InChI=1S/C16H19NO2/c1-11-7-12(2)9-14(8-11)15(18)10-17-6-4-5-13(3)16(17)19/h4-9,15,18H,10H2,1-3H3. The van der Waals surface area contributed by atoms with E-state index >= 15 is 0 Å². The van der Waals surface area contributed by atoms with Gasteiger partial charge in [-0.25, -0.2) is 0 Å². The van der Waals surface area contributed by atoms with E-state index in [0.717, 1.165) is 16.7 Å². The van der Waals surface area contributed by atoms with E-state index in [1.165, 1.54) is 0 Å². The Labute approximate surface area is 113 Å². The molecule has 0 fully saturated rings. The van der Waals surface area contributed by atoms with Crippen LogP contribution < -0.4 is 5.56 Å². The van der Waals surface area contributed by atoms with E-state index < -0.39 is 6.10 Å². The van der Waals surface area contributed by atoms with Crippen molar-refractivity contribution in [3.8, 4) is 0 Å². The van der Waals surface area contributed by atoms with Gasteiger partial charge in [-0.1, -0.05) is 35.4 Å². The van der Waals surface area contributed by atoms with E-state index in [-0.39, 0.29) is 12.1 Å². The van der Waals surface area contributed by atoms with Crippen LogP contribution in [0.1, 0.15) is 28.4 Å². The molecule has 3 heteroatoms. The van der Waals surface area contributed by atoms with Crippen molar-refractivity contribution in [2.75, 3.05) is 0 Å². The van der Waals surface area contributed by atoms with Crippen LogP contribution in [-0.4, -0.2) is 9.67 Å². The summed E-state index contributed by atoms with van der Waals surface area (Å²) in [4.78, 5) is 11.9. The van der Waals surface area contributed by atoms with Gasteiger partial charge in [-0.2, -0.15) is 0 Å². The number of pyridine rings is 1. The fourth-order valence-electron chi connectivity index (χ4n) is 2.29. The highest BCUT2D eigenvalue weighted by atomic mass is 16.3. The lowest BCUT2D eigenvalue weighted by Gasteiger charge is -2.14. The number of hydrogen-bond acceptors (Lipinski definition) is 2. The number of hydrogen-bond donors (Lipinski definition) is 1. The molecule has 3 nitrogen and oxygen atoms in total. The van der Waals surface area contributed by atoms with Crippen LogP contribution in [0, 0.1) is 20.8 Å². The van der Waals surface area contributed by atoms with Crippen molar-refractivity contribution in [2.24, 2.45) is 0 Å². The number of aliphatic hydroxyl groups is 1. The largest absolute Gasteiger partial charge is 0.387 e. The molecular weight excluding hydrogens is 238 g/mol. The minimum Gasteiger partial charge on any atom is -0.387 e. The maximum atomic E-state index is 11.9. The second-order valence-corrected chi connectivity index (χ2v) is 5.09. The van der Waals surface area contributed by atoms with Crippen LogP contribution in [0.3, 0.4) is 0 Å². The third-order valence-corrected chi connectivity index (χ3v) is 3.21. The lowest BCUT2D eigenvalue weighted by atomic mass is 10.0. The average Bonchev–Trinajstić information content (AvgIpc) is 2.33. The molecule has 19 heavy (non-hydrogen) atoms. The van der Waals surface area contributed by atoms with Crippen molar-refractivity contribution in [2.45, 2.75) is 33.4 Å². The van der Waals surface area contributed by atoms with Gasteiger partial charge in [0.05, 0.1) is 12.6 Å². The zero-order chi connectivity index (χ0) is 14.0. The maximum Gasteiger partial charge on any atom is 0.253 e. The summed E-state index contributed by atoms with van der Waals surface area (Å²) in [6.07, 6.45) is 1.04. The van der Waals surface area contributed by atoms with Gasteiger partial charge in [0.2, 0.25) is 0 Å². The van der Waals surface area contributed by atoms with E-state index in [1.54, 1.807) is 23.8 Å². The molecule has 2 rings (SSSR count). The van der Waals surface area contributed by atoms with Crippen LogP contribution in [0.15, 0.2) is 41.3 Å². The second-order valence-electron chi connectivity index (χ2n) is 5.09. The average molecular weight is 257 g/mol. The highest BCUT2D eigenvalue weighted by Gasteiger charge is 2.10. The number of aryl methyl sites for hydroxylation is 3. The quantitative estimate of drug-likeness (QED) is 0.918. The Bertz CT molecular complexity index is 623. The molecule has 1 N–H and O–H groups in total. The molecule has 0 aliphatic heterocycles. The Morgan fingerprint density at radius 3 is 2.42 bits per heavy atom. The number of nitrogens with zero attached hydrogens (tertiary/aromatic N) is 1. The van der Waals surface area contributed by atoms with Gasteiger partial charge >= 0.3 is 0 Å². The van der Waals surface area contributed by atoms with Crippen molar-refractivity contribution in [3.05, 3.63) is 69.1 Å². The van der Waals surface area contributed by atoms with E-state index in [4.69, 9.17) is 0 Å². The lowest BCUT2D eigenvalue weighted by molar-refractivity contribution is 0.155. The maximum absolute atomic E-state index is 11.9. The molecule has 1 aromatic carbocycles. The van der Waals surface area contributed by atoms with Gasteiger partial charge in [-0.15, -0.1) is 0 Å². The monoisotopic (exact) mass is 257 g/mol. The fourth-order valence-corrected chi connectivity index (χ4v) is 2.29. The minimum absolute atomic E-state index is 0.0501. The third kappa shape index (κ3) is 3.12. The molecule has 0 aliphatic carbocycles. The molecule has 0 aliphatic rings. The van der Waals surface area contributed by atoms with Crippen LogP contribution in [0.25, 0.3) is 0 Å². The molecule has 0 saturated heterocycles. The predicted octanol–water partition coefficient (Wildman–Crippen LogP) is 2.51. The molecule has 0 spiro atoms. The molecule has 0 bridgehead atoms. The second kappa shape index (κ2) is 5.41. The Balaban J connectivity index is 2.28. The molecular formula is C16H19NO2. The lowest BCUT2D eigenvalue weighted by Crippen LogP contribution is -2.24. The van der Waals surface area contributed by atoms with E-state index in [0.29, 0.717) is 5.56 Å².